The second kappa shape index (κ2) is 10.0. The maximum atomic E-state index is 15.3. The molecule has 4 atom stereocenters. The van der Waals surface area contributed by atoms with E-state index in [1.165, 1.54) is 17.9 Å². The number of carbonyl (C=O) groups is 3. The minimum atomic E-state index is -1.91. The van der Waals surface area contributed by atoms with Gasteiger partial charge in [0.1, 0.15) is 23.1 Å². The van der Waals surface area contributed by atoms with Gasteiger partial charge in [-0.3, -0.25) is 14.2 Å². The molecule has 0 aromatic carbocycles. The topological polar surface area (TPSA) is 167 Å². The summed E-state index contributed by atoms with van der Waals surface area (Å²) in [5.74, 6) is -2.14. The predicted molar refractivity (Wildman–Crippen MR) is 122 cm³/mol. The maximum Gasteiger partial charge on any atom is 0.348 e. The number of ether oxygens (including phenoxy) is 4. The summed E-state index contributed by atoms with van der Waals surface area (Å²) in [4.78, 5) is 56.8. The van der Waals surface area contributed by atoms with E-state index < -0.39 is 54.8 Å². The normalized spacial score (nSPS) is 21.4. The second-order valence-corrected chi connectivity index (χ2v) is 8.78. The molecule has 0 unspecified atom stereocenters. The number of carbonyl (C=O) groups excluding carboxylic acids is 3. The molecule has 3 aromatic heterocycles. The standard InChI is InChI=1S/C21H22FN5O8S/c1-9(28)33-7-13-15(22)16(34-10(2)29)18(35-13)27-17-12(5-24-20(23)25-17)26(21(27)31)6-11-4-14(36-8-11)19(30)32-3/h4-5,8,13,15-16,18H,6-7H2,1-3H3,(H2,23,24,25)/t13-,15-,16-,18-/m1/s1. The highest BCUT2D eigenvalue weighted by atomic mass is 32.1. The molecule has 192 valence electrons. The van der Waals surface area contributed by atoms with Gasteiger partial charge in [0.25, 0.3) is 0 Å². The number of esters is 3. The molecule has 15 heteroatoms. The van der Waals surface area contributed by atoms with Gasteiger partial charge in [-0.25, -0.2) is 23.5 Å². The van der Waals surface area contributed by atoms with E-state index in [0.717, 1.165) is 29.8 Å². The van der Waals surface area contributed by atoms with E-state index in [0.29, 0.717) is 10.4 Å². The first-order valence-corrected chi connectivity index (χ1v) is 11.5. The molecule has 4 heterocycles. The second-order valence-electron chi connectivity index (χ2n) is 7.87. The lowest BCUT2D eigenvalue weighted by Crippen LogP contribution is -2.37. The van der Waals surface area contributed by atoms with Gasteiger partial charge in [0, 0.05) is 13.8 Å². The molecule has 0 aliphatic carbocycles. The number of thiophene rings is 1. The molecule has 36 heavy (non-hydrogen) atoms. The quantitative estimate of drug-likeness (QED) is 0.344. The zero-order valence-electron chi connectivity index (χ0n) is 19.4. The highest BCUT2D eigenvalue weighted by molar-refractivity contribution is 7.12. The molecular weight excluding hydrogens is 501 g/mol. The summed E-state index contributed by atoms with van der Waals surface area (Å²) in [7, 11) is 1.26. The summed E-state index contributed by atoms with van der Waals surface area (Å²) in [6.45, 7) is 1.78. The van der Waals surface area contributed by atoms with Gasteiger partial charge < -0.3 is 24.7 Å². The number of anilines is 1. The Hall–Kier alpha value is -3.85. The summed E-state index contributed by atoms with van der Waals surface area (Å²) < 4.78 is 38.0. The minimum Gasteiger partial charge on any atom is -0.465 e. The van der Waals surface area contributed by atoms with E-state index in [1.54, 1.807) is 11.4 Å². The van der Waals surface area contributed by atoms with Crippen molar-refractivity contribution in [3.63, 3.8) is 0 Å². The van der Waals surface area contributed by atoms with Crippen LogP contribution in [0.3, 0.4) is 0 Å². The summed E-state index contributed by atoms with van der Waals surface area (Å²) in [5, 5.41) is 1.68. The number of rotatable bonds is 7. The molecule has 3 aromatic rings. The van der Waals surface area contributed by atoms with Crippen LogP contribution in [0.25, 0.3) is 11.2 Å². The van der Waals surface area contributed by atoms with Crippen molar-refractivity contribution in [2.75, 3.05) is 19.5 Å². The summed E-state index contributed by atoms with van der Waals surface area (Å²) in [6.07, 6.45) is -4.89. The van der Waals surface area contributed by atoms with Gasteiger partial charge >= 0.3 is 23.6 Å². The van der Waals surface area contributed by atoms with Crippen LogP contribution in [0.5, 0.6) is 0 Å². The number of aromatic nitrogens is 4. The minimum absolute atomic E-state index is 0.00396. The third-order valence-corrected chi connectivity index (χ3v) is 6.34. The molecular formula is C21H22FN5O8S. The van der Waals surface area contributed by atoms with Crippen molar-refractivity contribution < 1.29 is 37.7 Å². The van der Waals surface area contributed by atoms with Crippen LogP contribution in [0.15, 0.2) is 22.4 Å². The van der Waals surface area contributed by atoms with Crippen LogP contribution in [-0.4, -0.2) is 69.1 Å². The number of hydrogen-bond donors (Lipinski definition) is 1. The Morgan fingerprint density at radius 1 is 1.28 bits per heavy atom. The molecule has 1 fully saturated rings. The summed E-state index contributed by atoms with van der Waals surface area (Å²) in [6, 6.07) is 1.57. The Kier molecular flexibility index (Phi) is 7.03. The fourth-order valence-corrected chi connectivity index (χ4v) is 4.68. The van der Waals surface area contributed by atoms with E-state index in [-0.39, 0.29) is 23.7 Å². The SMILES string of the molecule is COC(=O)c1cc(Cn2c(=O)n([C@@H]3O[C@H](COC(C)=O)[C@@H](F)[C@H]3OC(C)=O)c3nc(N)ncc32)cs1. The van der Waals surface area contributed by atoms with Crippen molar-refractivity contribution >= 4 is 46.4 Å². The van der Waals surface area contributed by atoms with Crippen LogP contribution in [-0.2, 0) is 35.1 Å². The average molecular weight is 523 g/mol. The molecule has 0 saturated carbocycles. The number of hydrogen-bond acceptors (Lipinski definition) is 12. The molecule has 0 radical (unpaired) electrons. The number of nitrogens with two attached hydrogens (primary N) is 1. The molecule has 1 saturated heterocycles. The lowest BCUT2D eigenvalue weighted by atomic mass is 10.1. The fraction of sp³-hybridized carbons (Fsp3) is 0.429. The van der Waals surface area contributed by atoms with Gasteiger partial charge in [-0.05, 0) is 17.0 Å². The smallest absolute Gasteiger partial charge is 0.348 e. The molecule has 1 aliphatic rings. The Morgan fingerprint density at radius 3 is 2.69 bits per heavy atom. The third kappa shape index (κ3) is 4.79. The van der Waals surface area contributed by atoms with Crippen LogP contribution in [0, 0.1) is 0 Å². The van der Waals surface area contributed by atoms with Crippen molar-refractivity contribution in [1.82, 2.24) is 19.1 Å². The van der Waals surface area contributed by atoms with Crippen molar-refractivity contribution in [3.8, 4) is 0 Å². The summed E-state index contributed by atoms with van der Waals surface area (Å²) in [5.41, 5.74) is 5.93. The number of methoxy groups -OCH3 is 1. The lowest BCUT2D eigenvalue weighted by molar-refractivity contribution is -0.154. The molecule has 0 amide bonds. The van der Waals surface area contributed by atoms with Crippen molar-refractivity contribution in [1.29, 1.82) is 0 Å². The van der Waals surface area contributed by atoms with Gasteiger partial charge in [0.15, 0.2) is 24.2 Å². The van der Waals surface area contributed by atoms with Crippen molar-refractivity contribution in [2.45, 2.75) is 45.0 Å². The third-order valence-electron chi connectivity index (χ3n) is 5.38. The van der Waals surface area contributed by atoms with Gasteiger partial charge in [-0.2, -0.15) is 4.98 Å². The number of imidazole rings is 1. The first-order chi connectivity index (χ1) is 17.1. The van der Waals surface area contributed by atoms with E-state index >= 15 is 4.39 Å². The highest BCUT2D eigenvalue weighted by Crippen LogP contribution is 2.35. The number of halogens is 1. The van der Waals surface area contributed by atoms with Crippen LogP contribution in [0.4, 0.5) is 10.3 Å². The van der Waals surface area contributed by atoms with Gasteiger partial charge in [-0.15, -0.1) is 11.3 Å². The summed E-state index contributed by atoms with van der Waals surface area (Å²) >= 11 is 1.14. The fourth-order valence-electron chi connectivity index (χ4n) is 3.86. The largest absolute Gasteiger partial charge is 0.465 e. The van der Waals surface area contributed by atoms with Gasteiger partial charge in [-0.1, -0.05) is 0 Å². The lowest BCUT2D eigenvalue weighted by Gasteiger charge is -2.19. The number of nitrogen functional groups attached to an aromatic ring is 1. The highest BCUT2D eigenvalue weighted by Gasteiger charge is 2.50. The van der Waals surface area contributed by atoms with Crippen molar-refractivity contribution in [2.24, 2.45) is 0 Å². The molecule has 0 bridgehead atoms. The van der Waals surface area contributed by atoms with Crippen molar-refractivity contribution in [3.05, 3.63) is 38.6 Å². The molecule has 4 rings (SSSR count). The van der Waals surface area contributed by atoms with E-state index in [4.69, 9.17) is 24.7 Å². The molecule has 13 nitrogen and oxygen atoms in total. The molecule has 0 spiro atoms. The van der Waals surface area contributed by atoms with E-state index in [1.807, 2.05) is 0 Å². The van der Waals surface area contributed by atoms with Crippen LogP contribution in [0.2, 0.25) is 0 Å². The Morgan fingerprint density at radius 2 is 2.03 bits per heavy atom. The zero-order valence-corrected chi connectivity index (χ0v) is 20.2. The van der Waals surface area contributed by atoms with Crippen LogP contribution < -0.4 is 11.4 Å². The number of alkyl halides is 1. The van der Waals surface area contributed by atoms with E-state index in [9.17, 15) is 19.2 Å². The molecule has 1 aliphatic heterocycles. The number of nitrogens with zero attached hydrogens (tertiary/aromatic N) is 4. The monoisotopic (exact) mass is 523 g/mol. The zero-order chi connectivity index (χ0) is 26.1. The molecule has 2 N–H and O–H groups in total. The average Bonchev–Trinajstić information content (AvgIpc) is 3.48. The van der Waals surface area contributed by atoms with Gasteiger partial charge in [0.2, 0.25) is 5.95 Å². The predicted octanol–water partition coefficient (Wildman–Crippen LogP) is 0.802. The first-order valence-electron chi connectivity index (χ1n) is 10.6. The van der Waals surface area contributed by atoms with Gasteiger partial charge in [0.05, 0.1) is 19.9 Å². The Balaban J connectivity index is 1.79. The maximum absolute atomic E-state index is 15.3. The van der Waals surface area contributed by atoms with Crippen LogP contribution >= 0.6 is 11.3 Å². The van der Waals surface area contributed by atoms with E-state index in [2.05, 4.69) is 9.97 Å². The Labute approximate surface area is 206 Å². The number of fused-ring (bicyclic) bond motifs is 1. The first kappa shape index (κ1) is 25.2. The van der Waals surface area contributed by atoms with Crippen LogP contribution in [0.1, 0.15) is 35.3 Å². The Bertz CT molecular complexity index is 1380.